The van der Waals surface area contributed by atoms with E-state index in [9.17, 15) is 19.8 Å². The third-order valence-electron chi connectivity index (χ3n) is 2.76. The average Bonchev–Trinajstić information content (AvgIpc) is 2.46. The van der Waals surface area contributed by atoms with Gasteiger partial charge in [-0.05, 0) is 24.3 Å². The van der Waals surface area contributed by atoms with Crippen molar-refractivity contribution in [3.05, 3.63) is 47.5 Å². The summed E-state index contributed by atoms with van der Waals surface area (Å²) in [4.78, 5) is 21.8. The lowest BCUT2D eigenvalue weighted by molar-refractivity contribution is 0.0682. The van der Waals surface area contributed by atoms with Gasteiger partial charge in [-0.3, -0.25) is 0 Å². The highest BCUT2D eigenvalue weighted by Crippen LogP contribution is 2.34. The SMILES string of the molecule is O=C(O)c1cccc(/N=N/c2cccc(C(=O)O)c2O)c1O. The highest BCUT2D eigenvalue weighted by Gasteiger charge is 2.14. The summed E-state index contributed by atoms with van der Waals surface area (Å²) in [6.07, 6.45) is 0. The van der Waals surface area contributed by atoms with Crippen molar-refractivity contribution < 1.29 is 30.0 Å². The van der Waals surface area contributed by atoms with Gasteiger partial charge < -0.3 is 20.4 Å². The molecule has 2 aromatic rings. The third-order valence-corrected chi connectivity index (χ3v) is 2.76. The molecule has 0 aliphatic rings. The first kappa shape index (κ1) is 15.0. The Hall–Kier alpha value is -3.42. The molecule has 0 atom stereocenters. The Balaban J connectivity index is 2.42. The molecule has 0 spiro atoms. The van der Waals surface area contributed by atoms with Crippen LogP contribution >= 0.6 is 0 Å². The number of azo groups is 1. The number of para-hydroxylation sites is 2. The van der Waals surface area contributed by atoms with E-state index in [1.807, 2.05) is 0 Å². The Bertz CT molecular complexity index is 719. The molecule has 0 radical (unpaired) electrons. The zero-order chi connectivity index (χ0) is 16.3. The highest BCUT2D eigenvalue weighted by atomic mass is 16.4. The maximum Gasteiger partial charge on any atom is 0.339 e. The van der Waals surface area contributed by atoms with Crippen molar-refractivity contribution in [1.29, 1.82) is 0 Å². The van der Waals surface area contributed by atoms with E-state index in [-0.39, 0.29) is 22.5 Å². The second-order valence-electron chi connectivity index (χ2n) is 4.16. The molecule has 2 rings (SSSR count). The van der Waals surface area contributed by atoms with Gasteiger partial charge in [-0.25, -0.2) is 9.59 Å². The number of rotatable bonds is 4. The standard InChI is InChI=1S/C14H10N2O6/c17-11-7(13(19)20)3-1-5-9(11)15-16-10-6-2-4-8(12(10)18)14(21)22/h1-6,17-18H,(H,19,20)(H,21,22)/b16-15+. The number of hydrogen-bond acceptors (Lipinski definition) is 6. The van der Waals surface area contributed by atoms with Gasteiger partial charge in [-0.15, -0.1) is 10.2 Å². The van der Waals surface area contributed by atoms with Gasteiger partial charge in [0, 0.05) is 0 Å². The highest BCUT2D eigenvalue weighted by molar-refractivity contribution is 5.93. The number of hydrogen-bond donors (Lipinski definition) is 4. The molecule has 0 aromatic heterocycles. The second kappa shape index (κ2) is 5.92. The molecule has 22 heavy (non-hydrogen) atoms. The van der Waals surface area contributed by atoms with Crippen molar-refractivity contribution in [2.45, 2.75) is 0 Å². The number of aromatic hydroxyl groups is 2. The van der Waals surface area contributed by atoms with Crippen LogP contribution < -0.4 is 0 Å². The number of aromatic carboxylic acids is 2. The molecule has 0 unspecified atom stereocenters. The van der Waals surface area contributed by atoms with Crippen LogP contribution in [-0.2, 0) is 0 Å². The molecule has 2 aromatic carbocycles. The van der Waals surface area contributed by atoms with Crippen LogP contribution in [0.2, 0.25) is 0 Å². The third kappa shape index (κ3) is 2.85. The molecule has 0 saturated carbocycles. The van der Waals surface area contributed by atoms with Gasteiger partial charge in [0.15, 0.2) is 11.5 Å². The Labute approximate surface area is 123 Å². The summed E-state index contributed by atoms with van der Waals surface area (Å²) >= 11 is 0. The lowest BCUT2D eigenvalue weighted by Gasteiger charge is -2.03. The van der Waals surface area contributed by atoms with E-state index in [1.165, 1.54) is 36.4 Å². The predicted molar refractivity (Wildman–Crippen MR) is 74.3 cm³/mol. The molecule has 0 amide bonds. The maximum atomic E-state index is 10.9. The quantitative estimate of drug-likeness (QED) is 0.640. The van der Waals surface area contributed by atoms with E-state index in [0.29, 0.717) is 0 Å². The molecule has 0 aliphatic heterocycles. The van der Waals surface area contributed by atoms with Crippen LogP contribution in [0.25, 0.3) is 0 Å². The van der Waals surface area contributed by atoms with E-state index in [4.69, 9.17) is 10.2 Å². The van der Waals surface area contributed by atoms with E-state index in [0.717, 1.165) is 0 Å². The summed E-state index contributed by atoms with van der Waals surface area (Å²) in [5, 5.41) is 44.6. The molecule has 8 nitrogen and oxygen atoms in total. The summed E-state index contributed by atoms with van der Waals surface area (Å²) in [6, 6.07) is 7.77. The Morgan fingerprint density at radius 2 is 1.09 bits per heavy atom. The fraction of sp³-hybridized carbons (Fsp3) is 0. The molecule has 0 bridgehead atoms. The summed E-state index contributed by atoms with van der Waals surface area (Å²) in [7, 11) is 0. The van der Waals surface area contributed by atoms with Gasteiger partial charge in [0.1, 0.15) is 22.5 Å². The first-order valence-corrected chi connectivity index (χ1v) is 5.94. The first-order valence-electron chi connectivity index (χ1n) is 5.94. The Morgan fingerprint density at radius 1 is 0.727 bits per heavy atom. The molecular formula is C14H10N2O6. The average molecular weight is 302 g/mol. The van der Waals surface area contributed by atoms with Crippen LogP contribution in [0.3, 0.4) is 0 Å². The molecule has 0 fully saturated rings. The zero-order valence-corrected chi connectivity index (χ0v) is 11.0. The van der Waals surface area contributed by atoms with Crippen LogP contribution in [0, 0.1) is 0 Å². The normalized spacial score (nSPS) is 10.7. The maximum absolute atomic E-state index is 10.9. The van der Waals surface area contributed by atoms with E-state index >= 15 is 0 Å². The summed E-state index contributed by atoms with van der Waals surface area (Å²) in [6.45, 7) is 0. The van der Waals surface area contributed by atoms with Gasteiger partial charge in [-0.2, -0.15) is 0 Å². The molecule has 4 N–H and O–H groups in total. The number of benzene rings is 2. The smallest absolute Gasteiger partial charge is 0.339 e. The van der Waals surface area contributed by atoms with Gasteiger partial charge >= 0.3 is 11.9 Å². The van der Waals surface area contributed by atoms with Crippen LogP contribution in [-0.4, -0.2) is 32.4 Å². The van der Waals surface area contributed by atoms with Crippen LogP contribution in [0.15, 0.2) is 46.6 Å². The summed E-state index contributed by atoms with van der Waals surface area (Å²) in [5.74, 6) is -3.81. The number of carboxylic acids is 2. The van der Waals surface area contributed by atoms with Crippen molar-refractivity contribution in [1.82, 2.24) is 0 Å². The largest absolute Gasteiger partial charge is 0.505 e. The number of carboxylic acid groups (broad SMARTS) is 2. The minimum absolute atomic E-state index is 0.125. The molecular weight excluding hydrogens is 292 g/mol. The lowest BCUT2D eigenvalue weighted by atomic mass is 10.1. The summed E-state index contributed by atoms with van der Waals surface area (Å²) < 4.78 is 0. The van der Waals surface area contributed by atoms with Crippen molar-refractivity contribution in [2.75, 3.05) is 0 Å². The van der Waals surface area contributed by atoms with Crippen LogP contribution in [0.5, 0.6) is 11.5 Å². The van der Waals surface area contributed by atoms with Gasteiger partial charge in [-0.1, -0.05) is 12.1 Å². The minimum atomic E-state index is -1.33. The van der Waals surface area contributed by atoms with E-state index < -0.39 is 23.4 Å². The predicted octanol–water partition coefficient (Wildman–Crippen LogP) is 2.91. The topological polar surface area (TPSA) is 140 Å². The minimum Gasteiger partial charge on any atom is -0.505 e. The molecule has 112 valence electrons. The van der Waals surface area contributed by atoms with Crippen molar-refractivity contribution in [3.8, 4) is 11.5 Å². The van der Waals surface area contributed by atoms with Crippen molar-refractivity contribution in [2.24, 2.45) is 10.2 Å². The second-order valence-corrected chi connectivity index (χ2v) is 4.16. The monoisotopic (exact) mass is 302 g/mol. The van der Waals surface area contributed by atoms with Gasteiger partial charge in [0.25, 0.3) is 0 Å². The van der Waals surface area contributed by atoms with Crippen molar-refractivity contribution >= 4 is 23.3 Å². The van der Waals surface area contributed by atoms with Crippen molar-refractivity contribution in [3.63, 3.8) is 0 Å². The molecule has 0 heterocycles. The summed E-state index contributed by atoms with van der Waals surface area (Å²) in [5.41, 5.74) is -0.944. The molecule has 0 saturated heterocycles. The lowest BCUT2D eigenvalue weighted by Crippen LogP contribution is -1.96. The fourth-order valence-electron chi connectivity index (χ4n) is 1.68. The van der Waals surface area contributed by atoms with Crippen LogP contribution in [0.4, 0.5) is 11.4 Å². The van der Waals surface area contributed by atoms with Crippen LogP contribution in [0.1, 0.15) is 20.7 Å². The van der Waals surface area contributed by atoms with E-state index in [1.54, 1.807) is 0 Å². The number of carbonyl (C=O) groups is 2. The Morgan fingerprint density at radius 3 is 1.41 bits per heavy atom. The van der Waals surface area contributed by atoms with Gasteiger partial charge in [0.05, 0.1) is 0 Å². The molecule has 8 heteroatoms. The first-order chi connectivity index (χ1) is 10.4. The molecule has 0 aliphatic carbocycles. The zero-order valence-electron chi connectivity index (χ0n) is 11.0. The number of nitrogens with zero attached hydrogens (tertiary/aromatic N) is 2. The van der Waals surface area contributed by atoms with E-state index in [2.05, 4.69) is 10.2 Å². The van der Waals surface area contributed by atoms with Gasteiger partial charge in [0.2, 0.25) is 0 Å². The Kier molecular flexibility index (Phi) is 4.03. The fourth-order valence-corrected chi connectivity index (χ4v) is 1.68. The number of phenols is 2.